The van der Waals surface area contributed by atoms with Crippen molar-refractivity contribution in [2.24, 2.45) is 13.0 Å². The molecule has 0 unspecified atom stereocenters. The minimum Gasteiger partial charge on any atom is -0.340 e. The Balaban J connectivity index is 1.92. The number of rotatable bonds is 4. The summed E-state index contributed by atoms with van der Waals surface area (Å²) in [7, 11) is 1.86. The second-order valence-corrected chi connectivity index (χ2v) is 5.77. The van der Waals surface area contributed by atoms with Crippen LogP contribution in [0.5, 0.6) is 0 Å². The lowest BCUT2D eigenvalue weighted by atomic mass is 10.0. The van der Waals surface area contributed by atoms with Crippen LogP contribution in [0.2, 0.25) is 0 Å². The highest BCUT2D eigenvalue weighted by molar-refractivity contribution is 5.93. The van der Waals surface area contributed by atoms with Crippen LogP contribution in [0, 0.1) is 11.9 Å². The summed E-state index contributed by atoms with van der Waals surface area (Å²) >= 11 is 0. The van der Waals surface area contributed by atoms with Crippen molar-refractivity contribution in [3.63, 3.8) is 0 Å². The SMILES string of the molecule is CC(C)[C@@H](NC(=O)c1nc2ccccn2c1F)c1nccn1C. The summed E-state index contributed by atoms with van der Waals surface area (Å²) in [6.07, 6.45) is 5.01. The topological polar surface area (TPSA) is 64.2 Å². The van der Waals surface area contributed by atoms with E-state index in [2.05, 4.69) is 15.3 Å². The Bertz CT molecular complexity index is 851. The van der Waals surface area contributed by atoms with Gasteiger partial charge in [0, 0.05) is 25.6 Å². The summed E-state index contributed by atoms with van der Waals surface area (Å²) in [6.45, 7) is 3.94. The molecular formula is C16H18FN5O. The smallest absolute Gasteiger partial charge is 0.275 e. The Morgan fingerprint density at radius 3 is 2.70 bits per heavy atom. The van der Waals surface area contributed by atoms with Crippen molar-refractivity contribution in [1.82, 2.24) is 24.3 Å². The zero-order valence-electron chi connectivity index (χ0n) is 13.2. The third kappa shape index (κ3) is 2.69. The van der Waals surface area contributed by atoms with Gasteiger partial charge >= 0.3 is 0 Å². The van der Waals surface area contributed by atoms with Gasteiger partial charge in [0.15, 0.2) is 5.69 Å². The highest BCUT2D eigenvalue weighted by Crippen LogP contribution is 2.21. The second-order valence-electron chi connectivity index (χ2n) is 5.77. The molecule has 3 aromatic heterocycles. The molecular weight excluding hydrogens is 297 g/mol. The van der Waals surface area contributed by atoms with E-state index in [1.807, 2.05) is 31.7 Å². The van der Waals surface area contributed by atoms with Crippen molar-refractivity contribution in [3.05, 3.63) is 54.3 Å². The minimum absolute atomic E-state index is 0.0974. The normalized spacial score (nSPS) is 12.7. The summed E-state index contributed by atoms with van der Waals surface area (Å²) < 4.78 is 17.5. The second kappa shape index (κ2) is 5.83. The van der Waals surface area contributed by atoms with Gasteiger partial charge in [-0.2, -0.15) is 4.39 Å². The van der Waals surface area contributed by atoms with Crippen LogP contribution in [0.3, 0.4) is 0 Å². The molecule has 0 saturated carbocycles. The lowest BCUT2D eigenvalue weighted by Crippen LogP contribution is -2.34. The molecule has 3 aromatic rings. The highest BCUT2D eigenvalue weighted by atomic mass is 19.1. The molecule has 0 saturated heterocycles. The van der Waals surface area contributed by atoms with Gasteiger partial charge in [-0.15, -0.1) is 0 Å². The van der Waals surface area contributed by atoms with Crippen LogP contribution in [-0.2, 0) is 7.05 Å². The number of hydrogen-bond donors (Lipinski definition) is 1. The van der Waals surface area contributed by atoms with Crippen molar-refractivity contribution in [2.45, 2.75) is 19.9 Å². The molecule has 1 N–H and O–H groups in total. The number of carbonyl (C=O) groups is 1. The molecule has 0 radical (unpaired) electrons. The maximum Gasteiger partial charge on any atom is 0.275 e. The predicted octanol–water partition coefficient (Wildman–Crippen LogP) is 2.33. The lowest BCUT2D eigenvalue weighted by molar-refractivity contribution is 0.0913. The van der Waals surface area contributed by atoms with Gasteiger partial charge in [-0.1, -0.05) is 19.9 Å². The van der Waals surface area contributed by atoms with E-state index >= 15 is 0 Å². The fourth-order valence-electron chi connectivity index (χ4n) is 2.53. The molecule has 1 atom stereocenters. The van der Waals surface area contributed by atoms with Crippen molar-refractivity contribution in [3.8, 4) is 0 Å². The molecule has 6 nitrogen and oxygen atoms in total. The van der Waals surface area contributed by atoms with Crippen molar-refractivity contribution in [2.75, 3.05) is 0 Å². The number of carbonyl (C=O) groups excluding carboxylic acids is 1. The molecule has 0 aromatic carbocycles. The fourth-order valence-corrected chi connectivity index (χ4v) is 2.53. The zero-order valence-corrected chi connectivity index (χ0v) is 13.2. The van der Waals surface area contributed by atoms with E-state index in [0.717, 1.165) is 5.82 Å². The number of fused-ring (bicyclic) bond motifs is 1. The Morgan fingerprint density at radius 2 is 2.09 bits per heavy atom. The van der Waals surface area contributed by atoms with Gasteiger partial charge < -0.3 is 9.88 Å². The first-order chi connectivity index (χ1) is 11.0. The van der Waals surface area contributed by atoms with Gasteiger partial charge in [0.1, 0.15) is 11.5 Å². The number of aromatic nitrogens is 4. The molecule has 0 aliphatic carbocycles. The van der Waals surface area contributed by atoms with Crippen LogP contribution in [-0.4, -0.2) is 24.8 Å². The summed E-state index contributed by atoms with van der Waals surface area (Å²) in [5.41, 5.74) is 0.185. The average molecular weight is 315 g/mol. The van der Waals surface area contributed by atoms with Crippen LogP contribution >= 0.6 is 0 Å². The summed E-state index contributed by atoms with van der Waals surface area (Å²) in [5.74, 6) is -0.397. The first-order valence-corrected chi connectivity index (χ1v) is 7.39. The molecule has 0 spiro atoms. The van der Waals surface area contributed by atoms with E-state index in [0.29, 0.717) is 5.65 Å². The standard InChI is InChI=1S/C16H18FN5O/c1-10(2)12(15-18-7-9-21(15)3)20-16(23)13-14(17)22-8-5-4-6-11(22)19-13/h4-10,12H,1-3H3,(H,20,23)/t12-/m1/s1. The number of amides is 1. The number of hydrogen-bond acceptors (Lipinski definition) is 3. The van der Waals surface area contributed by atoms with E-state index in [1.165, 1.54) is 10.6 Å². The van der Waals surface area contributed by atoms with Crippen LogP contribution in [0.1, 0.15) is 36.2 Å². The van der Waals surface area contributed by atoms with Gasteiger partial charge in [0.05, 0.1) is 6.04 Å². The maximum absolute atomic E-state index is 14.4. The fraction of sp³-hybridized carbons (Fsp3) is 0.312. The molecule has 7 heteroatoms. The van der Waals surface area contributed by atoms with Gasteiger partial charge in [-0.25, -0.2) is 9.97 Å². The van der Waals surface area contributed by atoms with Gasteiger partial charge in [0.25, 0.3) is 5.91 Å². The van der Waals surface area contributed by atoms with E-state index in [-0.39, 0.29) is 17.7 Å². The van der Waals surface area contributed by atoms with Gasteiger partial charge in [-0.3, -0.25) is 9.20 Å². The minimum atomic E-state index is -0.666. The molecule has 0 bridgehead atoms. The zero-order chi connectivity index (χ0) is 16.6. The molecule has 1 amide bonds. The van der Waals surface area contributed by atoms with Crippen molar-refractivity contribution in [1.29, 1.82) is 0 Å². The van der Waals surface area contributed by atoms with E-state index in [4.69, 9.17) is 0 Å². The predicted molar refractivity (Wildman–Crippen MR) is 83.4 cm³/mol. The summed E-state index contributed by atoms with van der Waals surface area (Å²) in [4.78, 5) is 20.8. The number of halogens is 1. The number of nitrogens with one attached hydrogen (secondary N) is 1. The molecule has 3 rings (SSSR count). The monoisotopic (exact) mass is 315 g/mol. The first kappa shape index (κ1) is 15.2. The number of imidazole rings is 2. The summed E-state index contributed by atoms with van der Waals surface area (Å²) in [5, 5.41) is 2.84. The number of aryl methyl sites for hydroxylation is 1. The average Bonchev–Trinajstić information content (AvgIpc) is 3.09. The highest BCUT2D eigenvalue weighted by Gasteiger charge is 2.26. The molecule has 0 aliphatic heterocycles. The molecule has 0 aliphatic rings. The Kier molecular flexibility index (Phi) is 3.85. The van der Waals surface area contributed by atoms with E-state index in [9.17, 15) is 9.18 Å². The van der Waals surface area contributed by atoms with Crippen molar-refractivity contribution >= 4 is 11.6 Å². The Labute approximate surface area is 133 Å². The third-order valence-corrected chi connectivity index (χ3v) is 3.78. The van der Waals surface area contributed by atoms with Crippen LogP contribution in [0.4, 0.5) is 4.39 Å². The van der Waals surface area contributed by atoms with Crippen LogP contribution in [0.25, 0.3) is 5.65 Å². The third-order valence-electron chi connectivity index (χ3n) is 3.78. The number of pyridine rings is 1. The first-order valence-electron chi connectivity index (χ1n) is 7.39. The quantitative estimate of drug-likeness (QED) is 0.803. The molecule has 0 fully saturated rings. The lowest BCUT2D eigenvalue weighted by Gasteiger charge is -2.21. The van der Waals surface area contributed by atoms with Gasteiger partial charge in [0.2, 0.25) is 5.95 Å². The van der Waals surface area contributed by atoms with E-state index in [1.54, 1.807) is 24.4 Å². The Morgan fingerprint density at radius 1 is 1.30 bits per heavy atom. The van der Waals surface area contributed by atoms with Crippen LogP contribution < -0.4 is 5.32 Å². The van der Waals surface area contributed by atoms with E-state index < -0.39 is 11.9 Å². The molecule has 23 heavy (non-hydrogen) atoms. The molecule has 120 valence electrons. The Hall–Kier alpha value is -2.70. The van der Waals surface area contributed by atoms with Crippen molar-refractivity contribution < 1.29 is 9.18 Å². The summed E-state index contributed by atoms with van der Waals surface area (Å²) in [6, 6.07) is 4.75. The van der Waals surface area contributed by atoms with Crippen LogP contribution in [0.15, 0.2) is 36.8 Å². The largest absolute Gasteiger partial charge is 0.340 e. The van der Waals surface area contributed by atoms with Gasteiger partial charge in [-0.05, 0) is 18.1 Å². The maximum atomic E-state index is 14.4. The number of nitrogens with zero attached hydrogens (tertiary/aromatic N) is 4. The molecule has 3 heterocycles.